The van der Waals surface area contributed by atoms with Crippen LogP contribution in [0.15, 0.2) is 48.9 Å². The van der Waals surface area contributed by atoms with E-state index in [4.69, 9.17) is 5.73 Å². The van der Waals surface area contributed by atoms with Gasteiger partial charge in [0.1, 0.15) is 11.7 Å². The van der Waals surface area contributed by atoms with E-state index in [-0.39, 0.29) is 12.1 Å². The quantitative estimate of drug-likeness (QED) is 0.483. The molecule has 3 aromatic heterocycles. The minimum atomic E-state index is -1.16. The Bertz CT molecular complexity index is 957. The third-order valence-corrected chi connectivity index (χ3v) is 3.71. The van der Waals surface area contributed by atoms with Crippen LogP contribution >= 0.6 is 0 Å². The molecule has 0 bridgehead atoms. The van der Waals surface area contributed by atoms with Gasteiger partial charge in [0.2, 0.25) is 5.78 Å². The summed E-state index contributed by atoms with van der Waals surface area (Å²) in [4.78, 5) is 44.2. The third kappa shape index (κ3) is 4.18. The van der Waals surface area contributed by atoms with Gasteiger partial charge < -0.3 is 11.1 Å². The number of carbonyl (C=O) groups is 3. The van der Waals surface area contributed by atoms with Gasteiger partial charge in [0.25, 0.3) is 11.8 Å². The molecule has 2 amide bonds. The van der Waals surface area contributed by atoms with Gasteiger partial charge in [0.05, 0.1) is 5.69 Å². The second-order valence-electron chi connectivity index (χ2n) is 5.57. The Morgan fingerprint density at radius 1 is 1.15 bits per heavy atom. The lowest BCUT2D eigenvalue weighted by Crippen LogP contribution is -2.47. The maximum atomic E-state index is 12.6. The lowest BCUT2D eigenvalue weighted by Gasteiger charge is -2.15. The van der Waals surface area contributed by atoms with Gasteiger partial charge in [0.15, 0.2) is 5.69 Å². The number of aromatic amines is 1. The van der Waals surface area contributed by atoms with E-state index in [1.54, 1.807) is 42.7 Å². The second kappa shape index (κ2) is 7.95. The Kier molecular flexibility index (Phi) is 5.26. The molecule has 0 fully saturated rings. The fourth-order valence-corrected chi connectivity index (χ4v) is 2.44. The zero-order valence-corrected chi connectivity index (χ0v) is 14.0. The standard InChI is InChI=1S/C17H15N7O3/c18-16(26)15(25)12(8-10-4-3-6-19-9-10)21-17(27)14-13(22-24-23-14)11-5-1-2-7-20-11/h1-7,9,12H,8H2,(H2,18,26)(H,21,27)(H,22,23,24). The average Bonchev–Trinajstić information content (AvgIpc) is 3.18. The van der Waals surface area contributed by atoms with Gasteiger partial charge in [-0.05, 0) is 23.8 Å². The van der Waals surface area contributed by atoms with Crippen molar-refractivity contribution in [2.24, 2.45) is 5.73 Å². The molecular formula is C17H15N7O3. The molecule has 3 rings (SSSR count). The van der Waals surface area contributed by atoms with Crippen LogP contribution in [0.25, 0.3) is 11.4 Å². The van der Waals surface area contributed by atoms with Gasteiger partial charge in [-0.15, -0.1) is 5.10 Å². The van der Waals surface area contributed by atoms with Crippen LogP contribution in [0.4, 0.5) is 0 Å². The van der Waals surface area contributed by atoms with Gasteiger partial charge in [-0.1, -0.05) is 17.3 Å². The maximum absolute atomic E-state index is 12.6. The number of pyridine rings is 2. The summed E-state index contributed by atoms with van der Waals surface area (Å²) >= 11 is 0. The predicted octanol–water partition coefficient (Wildman–Crippen LogP) is -0.343. The summed E-state index contributed by atoms with van der Waals surface area (Å²) in [5.41, 5.74) is 6.46. The number of hydrogen-bond acceptors (Lipinski definition) is 7. The Hall–Kier alpha value is -3.95. The van der Waals surface area contributed by atoms with Crippen LogP contribution in [0.1, 0.15) is 16.1 Å². The molecular weight excluding hydrogens is 350 g/mol. The number of primary amides is 1. The van der Waals surface area contributed by atoms with Crippen LogP contribution < -0.4 is 11.1 Å². The molecule has 3 heterocycles. The van der Waals surface area contributed by atoms with Crippen molar-refractivity contribution in [2.75, 3.05) is 0 Å². The number of rotatable bonds is 7. The Morgan fingerprint density at radius 2 is 2.00 bits per heavy atom. The number of Topliss-reactive ketones (excluding diaryl/α,β-unsaturated/α-hetero) is 1. The first kappa shape index (κ1) is 17.9. The Labute approximate surface area is 153 Å². The number of amides is 2. The van der Waals surface area contributed by atoms with Crippen molar-refractivity contribution in [1.82, 2.24) is 30.7 Å². The van der Waals surface area contributed by atoms with Crippen LogP contribution in [-0.4, -0.2) is 49.0 Å². The van der Waals surface area contributed by atoms with E-state index in [1.165, 1.54) is 6.20 Å². The molecule has 4 N–H and O–H groups in total. The van der Waals surface area contributed by atoms with Crippen LogP contribution in [-0.2, 0) is 16.0 Å². The molecule has 10 heteroatoms. The lowest BCUT2D eigenvalue weighted by atomic mass is 10.0. The van der Waals surface area contributed by atoms with Gasteiger partial charge in [-0.2, -0.15) is 0 Å². The number of H-pyrrole nitrogens is 1. The van der Waals surface area contributed by atoms with Crippen LogP contribution in [0.2, 0.25) is 0 Å². The number of hydrogen-bond donors (Lipinski definition) is 3. The van der Waals surface area contributed by atoms with Crippen molar-refractivity contribution < 1.29 is 14.4 Å². The molecule has 0 saturated heterocycles. The highest BCUT2D eigenvalue weighted by Crippen LogP contribution is 2.16. The summed E-state index contributed by atoms with van der Waals surface area (Å²) in [5, 5.41) is 12.5. The zero-order valence-electron chi connectivity index (χ0n) is 14.0. The number of carbonyl (C=O) groups excluding carboxylic acids is 3. The largest absolute Gasteiger partial charge is 0.363 e. The molecule has 136 valence electrons. The van der Waals surface area contributed by atoms with Gasteiger partial charge in [-0.3, -0.25) is 29.5 Å². The SMILES string of the molecule is NC(=O)C(=O)C(Cc1cccnc1)NC(=O)c1nn[nH]c1-c1ccccn1. The van der Waals surface area contributed by atoms with Crippen LogP contribution in [0.3, 0.4) is 0 Å². The fourth-order valence-electron chi connectivity index (χ4n) is 2.44. The first-order valence-electron chi connectivity index (χ1n) is 7.92. The van der Waals surface area contributed by atoms with E-state index in [9.17, 15) is 14.4 Å². The monoisotopic (exact) mass is 365 g/mol. The number of ketones is 1. The van der Waals surface area contributed by atoms with Crippen molar-refractivity contribution >= 4 is 17.6 Å². The molecule has 0 aliphatic carbocycles. The first-order chi connectivity index (χ1) is 13.1. The van der Waals surface area contributed by atoms with E-state index in [1.807, 2.05) is 0 Å². The van der Waals surface area contributed by atoms with Crippen LogP contribution in [0, 0.1) is 0 Å². The Balaban J connectivity index is 1.84. The van der Waals surface area contributed by atoms with E-state index >= 15 is 0 Å². The minimum absolute atomic E-state index is 0.0536. The van der Waals surface area contributed by atoms with E-state index in [2.05, 4.69) is 30.7 Å². The highest BCUT2D eigenvalue weighted by Gasteiger charge is 2.28. The molecule has 0 aliphatic rings. The normalized spacial score (nSPS) is 11.6. The number of aromatic nitrogens is 5. The number of nitrogens with one attached hydrogen (secondary N) is 2. The third-order valence-electron chi connectivity index (χ3n) is 3.71. The van der Waals surface area contributed by atoms with Gasteiger partial charge >= 0.3 is 0 Å². The molecule has 1 unspecified atom stereocenters. The summed E-state index contributed by atoms with van der Waals surface area (Å²) in [7, 11) is 0. The highest BCUT2D eigenvalue weighted by molar-refractivity contribution is 6.38. The average molecular weight is 365 g/mol. The number of nitrogens with two attached hydrogens (primary N) is 1. The molecule has 0 saturated carbocycles. The van der Waals surface area contributed by atoms with Crippen molar-refractivity contribution in [2.45, 2.75) is 12.5 Å². The van der Waals surface area contributed by atoms with E-state index in [0.717, 1.165) is 0 Å². The van der Waals surface area contributed by atoms with Gasteiger partial charge in [0, 0.05) is 25.0 Å². The lowest BCUT2D eigenvalue weighted by molar-refractivity contribution is -0.137. The number of nitrogens with zero attached hydrogens (tertiary/aromatic N) is 4. The van der Waals surface area contributed by atoms with Crippen molar-refractivity contribution in [1.29, 1.82) is 0 Å². The van der Waals surface area contributed by atoms with Crippen molar-refractivity contribution in [3.05, 3.63) is 60.2 Å². The van der Waals surface area contributed by atoms with Crippen LogP contribution in [0.5, 0.6) is 0 Å². The summed E-state index contributed by atoms with van der Waals surface area (Å²) in [6.45, 7) is 0. The zero-order chi connectivity index (χ0) is 19.2. The van der Waals surface area contributed by atoms with E-state index in [0.29, 0.717) is 17.0 Å². The molecule has 27 heavy (non-hydrogen) atoms. The smallest absolute Gasteiger partial charge is 0.287 e. The topological polar surface area (TPSA) is 157 Å². The molecule has 0 radical (unpaired) electrons. The highest BCUT2D eigenvalue weighted by atomic mass is 16.2. The molecule has 1 atom stereocenters. The molecule has 0 aromatic carbocycles. The summed E-state index contributed by atoms with van der Waals surface area (Å²) in [6.07, 6.45) is 4.71. The fraction of sp³-hybridized carbons (Fsp3) is 0.118. The maximum Gasteiger partial charge on any atom is 0.287 e. The van der Waals surface area contributed by atoms with E-state index < -0.39 is 23.6 Å². The molecule has 0 aliphatic heterocycles. The Morgan fingerprint density at radius 3 is 2.67 bits per heavy atom. The van der Waals surface area contributed by atoms with Crippen molar-refractivity contribution in [3.63, 3.8) is 0 Å². The first-order valence-corrected chi connectivity index (χ1v) is 7.92. The second-order valence-corrected chi connectivity index (χ2v) is 5.57. The summed E-state index contributed by atoms with van der Waals surface area (Å²) in [5.74, 6) is -2.75. The van der Waals surface area contributed by atoms with Crippen molar-refractivity contribution in [3.8, 4) is 11.4 Å². The summed E-state index contributed by atoms with van der Waals surface area (Å²) in [6, 6.07) is 7.38. The summed E-state index contributed by atoms with van der Waals surface area (Å²) < 4.78 is 0. The molecule has 10 nitrogen and oxygen atoms in total. The predicted molar refractivity (Wildman–Crippen MR) is 93.0 cm³/mol. The molecule has 0 spiro atoms. The minimum Gasteiger partial charge on any atom is -0.363 e. The van der Waals surface area contributed by atoms with Gasteiger partial charge in [-0.25, -0.2) is 0 Å². The molecule has 3 aromatic rings.